The van der Waals surface area contributed by atoms with E-state index in [1.165, 1.54) is 17.0 Å². The number of phenols is 1. The second-order valence-electron chi connectivity index (χ2n) is 5.20. The first-order valence-corrected chi connectivity index (χ1v) is 7.29. The number of benzene rings is 1. The normalized spacial score (nSPS) is 10.4. The molecule has 122 valence electrons. The summed E-state index contributed by atoms with van der Waals surface area (Å²) in [5.41, 5.74) is 0.688. The number of hydrogen-bond acceptors (Lipinski definition) is 4. The second kappa shape index (κ2) is 7.19. The zero-order valence-electron chi connectivity index (χ0n) is 12.8. The summed E-state index contributed by atoms with van der Waals surface area (Å²) >= 11 is 5.80. The van der Waals surface area contributed by atoms with Crippen LogP contribution in [0, 0.1) is 0 Å². The van der Waals surface area contributed by atoms with Crippen molar-refractivity contribution in [3.05, 3.63) is 52.4 Å². The van der Waals surface area contributed by atoms with Gasteiger partial charge in [-0.25, -0.2) is 0 Å². The van der Waals surface area contributed by atoms with Crippen LogP contribution in [0.15, 0.2) is 34.7 Å². The summed E-state index contributed by atoms with van der Waals surface area (Å²) in [5.74, 6) is 0.242. The minimum absolute atomic E-state index is 0.0236. The maximum Gasteiger partial charge on any atom is 0.289 e. The molecule has 7 heteroatoms. The number of rotatable bonds is 5. The molecule has 1 heterocycles. The van der Waals surface area contributed by atoms with Gasteiger partial charge in [-0.2, -0.15) is 0 Å². The van der Waals surface area contributed by atoms with E-state index >= 15 is 0 Å². The highest BCUT2D eigenvalue weighted by molar-refractivity contribution is 6.32. The number of carbonyl (C=O) groups excluding carboxylic acids is 2. The van der Waals surface area contributed by atoms with Crippen molar-refractivity contribution in [1.29, 1.82) is 0 Å². The summed E-state index contributed by atoms with van der Waals surface area (Å²) in [7, 11) is 3.27. The van der Waals surface area contributed by atoms with Crippen molar-refractivity contribution in [3.8, 4) is 5.75 Å². The Morgan fingerprint density at radius 3 is 2.65 bits per heavy atom. The molecule has 6 nitrogen and oxygen atoms in total. The number of furan rings is 1. The molecule has 2 aromatic rings. The van der Waals surface area contributed by atoms with Gasteiger partial charge in [0, 0.05) is 14.1 Å². The second-order valence-corrected chi connectivity index (χ2v) is 5.61. The van der Waals surface area contributed by atoms with Gasteiger partial charge in [-0.05, 0) is 29.8 Å². The first-order valence-electron chi connectivity index (χ1n) is 6.91. The molecule has 0 spiro atoms. The lowest BCUT2D eigenvalue weighted by Crippen LogP contribution is -2.24. The van der Waals surface area contributed by atoms with E-state index in [2.05, 4.69) is 5.32 Å². The molecule has 0 unspecified atom stereocenters. The highest BCUT2D eigenvalue weighted by atomic mass is 35.5. The van der Waals surface area contributed by atoms with E-state index in [-0.39, 0.29) is 41.3 Å². The van der Waals surface area contributed by atoms with Gasteiger partial charge in [0.2, 0.25) is 5.91 Å². The number of amides is 2. The maximum atomic E-state index is 11.9. The van der Waals surface area contributed by atoms with Crippen LogP contribution in [-0.2, 0) is 17.8 Å². The van der Waals surface area contributed by atoms with Gasteiger partial charge in [-0.3, -0.25) is 9.59 Å². The van der Waals surface area contributed by atoms with E-state index in [1.54, 1.807) is 32.3 Å². The predicted molar refractivity (Wildman–Crippen MR) is 85.4 cm³/mol. The van der Waals surface area contributed by atoms with Crippen LogP contribution in [-0.4, -0.2) is 35.9 Å². The average Bonchev–Trinajstić information content (AvgIpc) is 2.97. The van der Waals surface area contributed by atoms with E-state index in [1.807, 2.05) is 0 Å². The van der Waals surface area contributed by atoms with Gasteiger partial charge in [0.05, 0.1) is 18.0 Å². The van der Waals surface area contributed by atoms with Crippen molar-refractivity contribution in [2.45, 2.75) is 13.0 Å². The smallest absolute Gasteiger partial charge is 0.289 e. The fourth-order valence-electron chi connectivity index (χ4n) is 1.90. The molecule has 23 heavy (non-hydrogen) atoms. The largest absolute Gasteiger partial charge is 0.506 e. The van der Waals surface area contributed by atoms with Crippen LogP contribution in [0.3, 0.4) is 0 Å². The number of halogens is 1. The van der Waals surface area contributed by atoms with Gasteiger partial charge in [0.25, 0.3) is 5.91 Å². The molecule has 2 N–H and O–H groups in total. The average molecular weight is 337 g/mol. The van der Waals surface area contributed by atoms with Crippen LogP contribution < -0.4 is 5.32 Å². The van der Waals surface area contributed by atoms with Crippen LogP contribution >= 0.6 is 11.6 Å². The fraction of sp³-hybridized carbons (Fsp3) is 0.250. The monoisotopic (exact) mass is 336 g/mol. The molecule has 0 atom stereocenters. The van der Waals surface area contributed by atoms with Gasteiger partial charge in [-0.15, -0.1) is 0 Å². The van der Waals surface area contributed by atoms with Crippen LogP contribution in [0.1, 0.15) is 21.9 Å². The lowest BCUT2D eigenvalue weighted by Gasteiger charge is -2.07. The molecule has 2 amide bonds. The van der Waals surface area contributed by atoms with Crippen molar-refractivity contribution in [1.82, 2.24) is 10.2 Å². The topological polar surface area (TPSA) is 82.8 Å². The zero-order chi connectivity index (χ0) is 17.0. The highest BCUT2D eigenvalue weighted by Gasteiger charge is 2.13. The lowest BCUT2D eigenvalue weighted by molar-refractivity contribution is -0.120. The van der Waals surface area contributed by atoms with E-state index in [9.17, 15) is 14.7 Å². The fourth-order valence-corrected chi connectivity index (χ4v) is 2.11. The summed E-state index contributed by atoms with van der Waals surface area (Å²) in [5, 5.41) is 12.2. The Morgan fingerprint density at radius 2 is 2.00 bits per heavy atom. The summed E-state index contributed by atoms with van der Waals surface area (Å²) in [6, 6.07) is 7.83. The molecule has 2 rings (SSSR count). The number of nitrogens with one attached hydrogen (secondary N) is 1. The number of carbonyl (C=O) groups is 2. The Balaban J connectivity index is 1.89. The van der Waals surface area contributed by atoms with Crippen molar-refractivity contribution < 1.29 is 19.1 Å². The molecule has 0 fully saturated rings. The van der Waals surface area contributed by atoms with Crippen molar-refractivity contribution in [3.63, 3.8) is 0 Å². The quantitative estimate of drug-likeness (QED) is 0.877. The SMILES string of the molecule is CN(C)C(=O)c1ccc(CNC(=O)Cc2ccc(O)c(Cl)c2)o1. The maximum absolute atomic E-state index is 11.9. The Hall–Kier alpha value is -2.47. The van der Waals surface area contributed by atoms with Crippen molar-refractivity contribution in [2.75, 3.05) is 14.1 Å². The first-order chi connectivity index (χ1) is 10.9. The van der Waals surface area contributed by atoms with Crippen LogP contribution in [0.2, 0.25) is 5.02 Å². The third-order valence-corrected chi connectivity index (χ3v) is 3.42. The van der Waals surface area contributed by atoms with E-state index in [4.69, 9.17) is 16.0 Å². The van der Waals surface area contributed by atoms with Gasteiger partial charge < -0.3 is 19.7 Å². The van der Waals surface area contributed by atoms with E-state index in [0.29, 0.717) is 11.3 Å². The van der Waals surface area contributed by atoms with Crippen molar-refractivity contribution in [2.24, 2.45) is 0 Å². The van der Waals surface area contributed by atoms with Gasteiger partial charge in [0.1, 0.15) is 11.5 Å². The van der Waals surface area contributed by atoms with Crippen molar-refractivity contribution >= 4 is 23.4 Å². The Bertz CT molecular complexity index is 725. The number of phenolic OH excluding ortho intramolecular Hbond substituents is 1. The summed E-state index contributed by atoms with van der Waals surface area (Å²) in [6.07, 6.45) is 0.129. The number of nitrogens with zero attached hydrogens (tertiary/aromatic N) is 1. The highest BCUT2D eigenvalue weighted by Crippen LogP contribution is 2.23. The molecular formula is C16H17ClN2O4. The third kappa shape index (κ3) is 4.50. The molecule has 0 radical (unpaired) electrons. The van der Waals surface area contributed by atoms with E-state index < -0.39 is 0 Å². The molecule has 0 saturated carbocycles. The lowest BCUT2D eigenvalue weighted by atomic mass is 10.1. The Labute approximate surface area is 138 Å². The molecule has 0 aliphatic rings. The Morgan fingerprint density at radius 1 is 1.26 bits per heavy atom. The molecule has 0 bridgehead atoms. The minimum Gasteiger partial charge on any atom is -0.506 e. The molecule has 0 aliphatic heterocycles. The van der Waals surface area contributed by atoms with Gasteiger partial charge >= 0.3 is 0 Å². The summed E-state index contributed by atoms with van der Waals surface area (Å²) < 4.78 is 5.38. The first kappa shape index (κ1) is 16.9. The van der Waals surface area contributed by atoms with E-state index in [0.717, 1.165) is 0 Å². The molecule has 1 aromatic carbocycles. The standard InChI is InChI=1S/C16H17ClN2O4/c1-19(2)16(22)14-6-4-11(23-14)9-18-15(21)8-10-3-5-13(20)12(17)7-10/h3-7,20H,8-9H2,1-2H3,(H,18,21). The molecule has 0 saturated heterocycles. The number of aromatic hydroxyl groups is 1. The number of hydrogen-bond donors (Lipinski definition) is 2. The van der Waals surface area contributed by atoms with Gasteiger partial charge in [0.15, 0.2) is 5.76 Å². The molecule has 0 aliphatic carbocycles. The Kier molecular flexibility index (Phi) is 5.28. The molecular weight excluding hydrogens is 320 g/mol. The summed E-state index contributed by atoms with van der Waals surface area (Å²) in [4.78, 5) is 25.0. The predicted octanol–water partition coefficient (Wildman–Crippen LogP) is 2.20. The molecule has 1 aromatic heterocycles. The third-order valence-electron chi connectivity index (χ3n) is 3.12. The zero-order valence-corrected chi connectivity index (χ0v) is 13.6. The van der Waals surface area contributed by atoms with Gasteiger partial charge in [-0.1, -0.05) is 17.7 Å². The summed E-state index contributed by atoms with van der Waals surface area (Å²) in [6.45, 7) is 0.186. The van der Waals surface area contributed by atoms with Crippen LogP contribution in [0.5, 0.6) is 5.75 Å². The van der Waals surface area contributed by atoms with Crippen LogP contribution in [0.4, 0.5) is 0 Å². The van der Waals surface area contributed by atoms with Crippen LogP contribution in [0.25, 0.3) is 0 Å². The minimum atomic E-state index is -0.235.